The van der Waals surface area contributed by atoms with Crippen LogP contribution in [0.1, 0.15) is 57.5 Å². The zero-order valence-corrected chi connectivity index (χ0v) is 30.3. The molecule has 280 valence electrons. The van der Waals surface area contributed by atoms with Crippen LogP contribution in [0.5, 0.6) is 23.0 Å². The maximum atomic E-state index is 12.8. The molecule has 0 atom stereocenters. The van der Waals surface area contributed by atoms with Crippen molar-refractivity contribution in [3.8, 4) is 23.0 Å². The molecule has 4 aromatic rings. The van der Waals surface area contributed by atoms with E-state index in [1.165, 1.54) is 0 Å². The van der Waals surface area contributed by atoms with Gasteiger partial charge in [-0.15, -0.1) is 0 Å². The van der Waals surface area contributed by atoms with E-state index in [-0.39, 0.29) is 0 Å². The minimum atomic E-state index is -0.518. The molecule has 0 unspecified atom stereocenters. The number of ether oxygens (including phenoxy) is 6. The first-order valence-electron chi connectivity index (χ1n) is 17.3. The molecule has 0 fully saturated rings. The summed E-state index contributed by atoms with van der Waals surface area (Å²) in [6.45, 7) is 11.8. The van der Waals surface area contributed by atoms with Crippen molar-refractivity contribution in [1.29, 1.82) is 0 Å². The molecular formula is C42H42N2O10. The van der Waals surface area contributed by atoms with Gasteiger partial charge in [0.05, 0.1) is 48.9 Å². The molecule has 0 bridgehead atoms. The second-order valence-corrected chi connectivity index (χ2v) is 11.8. The summed E-state index contributed by atoms with van der Waals surface area (Å²) >= 11 is 0. The van der Waals surface area contributed by atoms with Gasteiger partial charge in [0.25, 0.3) is 0 Å². The average molecular weight is 735 g/mol. The number of rotatable bonds is 20. The Hall–Kier alpha value is -6.56. The van der Waals surface area contributed by atoms with Crippen molar-refractivity contribution < 1.29 is 47.6 Å². The molecule has 0 heterocycles. The zero-order valence-electron chi connectivity index (χ0n) is 30.3. The van der Waals surface area contributed by atoms with Crippen molar-refractivity contribution in [2.75, 3.05) is 26.4 Å². The second-order valence-electron chi connectivity index (χ2n) is 11.8. The molecule has 4 aromatic carbocycles. The number of carbonyl (C=O) groups excluding carboxylic acids is 4. The van der Waals surface area contributed by atoms with Gasteiger partial charge in [-0.1, -0.05) is 13.2 Å². The molecule has 0 saturated carbocycles. The van der Waals surface area contributed by atoms with Crippen LogP contribution in [0.2, 0.25) is 0 Å². The lowest BCUT2D eigenvalue weighted by atomic mass is 10.2. The molecule has 0 saturated heterocycles. The minimum absolute atomic E-state index is 0.301. The lowest BCUT2D eigenvalue weighted by Crippen LogP contribution is -2.09. The van der Waals surface area contributed by atoms with E-state index in [1.54, 1.807) is 91.9 Å². The second kappa shape index (κ2) is 21.1. The monoisotopic (exact) mass is 734 g/mol. The molecule has 4 rings (SSSR count). The molecule has 54 heavy (non-hydrogen) atoms. The third-order valence-corrected chi connectivity index (χ3v) is 7.63. The molecular weight excluding hydrogens is 692 g/mol. The molecule has 0 N–H and O–H groups in total. The van der Waals surface area contributed by atoms with E-state index in [0.717, 1.165) is 17.7 Å². The Morgan fingerprint density at radius 3 is 1.56 bits per heavy atom. The van der Waals surface area contributed by atoms with Gasteiger partial charge in [-0.05, 0) is 136 Å². The van der Waals surface area contributed by atoms with Gasteiger partial charge in [-0.25, -0.2) is 19.2 Å². The number of unbranched alkanes of at least 4 members (excludes halogenated alkanes) is 2. The fourth-order valence-electron chi connectivity index (χ4n) is 4.68. The third kappa shape index (κ3) is 13.2. The summed E-state index contributed by atoms with van der Waals surface area (Å²) in [5.74, 6) is 0.0368. The molecule has 0 radical (unpaired) electrons. The van der Waals surface area contributed by atoms with Gasteiger partial charge in [-0.3, -0.25) is 0 Å². The smallest absolute Gasteiger partial charge is 0.343 e. The van der Waals surface area contributed by atoms with Gasteiger partial charge in [0.1, 0.15) is 23.0 Å². The number of esters is 4. The van der Waals surface area contributed by atoms with Crippen LogP contribution in [0.3, 0.4) is 0 Å². The Kier molecular flexibility index (Phi) is 15.7. The number of hydrogen-bond donors (Lipinski definition) is 0. The molecule has 0 aromatic heterocycles. The Balaban J connectivity index is 1.22. The number of carbonyl (C=O) groups is 4. The van der Waals surface area contributed by atoms with E-state index < -0.39 is 23.9 Å². The molecule has 0 aliphatic carbocycles. The number of hydrogen-bond acceptors (Lipinski definition) is 12. The van der Waals surface area contributed by atoms with E-state index in [1.807, 2.05) is 6.92 Å². The highest BCUT2D eigenvalue weighted by Crippen LogP contribution is 2.29. The summed E-state index contributed by atoms with van der Waals surface area (Å²) in [6.07, 6.45) is 4.97. The molecule has 0 aliphatic heterocycles. The van der Waals surface area contributed by atoms with Gasteiger partial charge in [0.15, 0.2) is 0 Å². The van der Waals surface area contributed by atoms with Gasteiger partial charge < -0.3 is 28.4 Å². The number of aryl methyl sites for hydroxylation is 2. The van der Waals surface area contributed by atoms with E-state index in [2.05, 4.69) is 23.4 Å². The SMILES string of the molecule is C=CC(=O)OCCCCOc1ccc(C(=O)Oc2ccc(/N=N/c3ccc(OC(=O)c4ccc(OCCCCOC(=O)C=C)cc4)c(C)c3)c(C)c2)cc1. The predicted octanol–water partition coefficient (Wildman–Crippen LogP) is 8.93. The normalized spacial score (nSPS) is 10.6. The summed E-state index contributed by atoms with van der Waals surface area (Å²) in [4.78, 5) is 47.7. The quantitative estimate of drug-likeness (QED) is 0.0283. The van der Waals surface area contributed by atoms with Crippen LogP contribution in [0, 0.1) is 13.8 Å². The molecule has 12 nitrogen and oxygen atoms in total. The number of nitrogens with zero attached hydrogens (tertiary/aromatic N) is 2. The maximum absolute atomic E-state index is 12.8. The Bertz CT molecular complexity index is 1950. The highest BCUT2D eigenvalue weighted by molar-refractivity contribution is 5.92. The summed E-state index contributed by atoms with van der Waals surface area (Å²) < 4.78 is 32.4. The van der Waals surface area contributed by atoms with Crippen LogP contribution in [0.25, 0.3) is 0 Å². The van der Waals surface area contributed by atoms with E-state index >= 15 is 0 Å². The molecule has 0 amide bonds. The molecule has 12 heteroatoms. The first kappa shape index (κ1) is 40.2. The van der Waals surface area contributed by atoms with Gasteiger partial charge in [0, 0.05) is 12.2 Å². The Labute approximate surface area is 314 Å². The first-order chi connectivity index (χ1) is 26.1. The lowest BCUT2D eigenvalue weighted by molar-refractivity contribution is -0.138. The topological polar surface area (TPSA) is 148 Å². The van der Waals surface area contributed by atoms with Crippen molar-refractivity contribution in [2.24, 2.45) is 10.2 Å². The van der Waals surface area contributed by atoms with Gasteiger partial charge in [0.2, 0.25) is 0 Å². The predicted molar refractivity (Wildman–Crippen MR) is 201 cm³/mol. The summed E-state index contributed by atoms with van der Waals surface area (Å²) in [5, 5.41) is 8.69. The van der Waals surface area contributed by atoms with Crippen LogP contribution < -0.4 is 18.9 Å². The maximum Gasteiger partial charge on any atom is 0.343 e. The standard InChI is InChI=1S/C42H42N2O10/c1-5-39(45)51-25-9-7-23-49-34-16-11-31(12-17-34)41(47)53-36-20-21-37(29(3)28-36)44-43-33-15-22-38(30(4)27-33)54-42(48)32-13-18-35(19-14-32)50-24-8-10-26-52-40(46)6-2/h5-6,11-22,27-28H,1-2,7-10,23-26H2,3-4H3/b44-43+. The highest BCUT2D eigenvalue weighted by Gasteiger charge is 2.13. The molecule has 0 spiro atoms. The molecule has 0 aliphatic rings. The van der Waals surface area contributed by atoms with Crippen LogP contribution in [-0.4, -0.2) is 50.3 Å². The summed E-state index contributed by atoms with van der Waals surface area (Å²) in [7, 11) is 0. The summed E-state index contributed by atoms with van der Waals surface area (Å²) in [6, 6.07) is 23.4. The van der Waals surface area contributed by atoms with E-state index in [9.17, 15) is 19.2 Å². The van der Waals surface area contributed by atoms with Crippen molar-refractivity contribution >= 4 is 35.3 Å². The van der Waals surface area contributed by atoms with Crippen LogP contribution in [0.4, 0.5) is 11.4 Å². The van der Waals surface area contributed by atoms with Crippen LogP contribution in [0.15, 0.2) is 120 Å². The van der Waals surface area contributed by atoms with Gasteiger partial charge >= 0.3 is 23.9 Å². The van der Waals surface area contributed by atoms with Crippen LogP contribution >= 0.6 is 0 Å². The third-order valence-electron chi connectivity index (χ3n) is 7.63. The average Bonchev–Trinajstić information content (AvgIpc) is 3.18. The fourth-order valence-corrected chi connectivity index (χ4v) is 4.68. The minimum Gasteiger partial charge on any atom is -0.494 e. The van der Waals surface area contributed by atoms with Crippen molar-refractivity contribution in [3.63, 3.8) is 0 Å². The van der Waals surface area contributed by atoms with E-state index in [0.29, 0.717) is 103 Å². The van der Waals surface area contributed by atoms with Crippen molar-refractivity contribution in [2.45, 2.75) is 39.5 Å². The number of azo groups is 1. The van der Waals surface area contributed by atoms with Crippen LogP contribution in [-0.2, 0) is 19.1 Å². The zero-order chi connectivity index (χ0) is 38.7. The Morgan fingerprint density at radius 1 is 0.556 bits per heavy atom. The lowest BCUT2D eigenvalue weighted by Gasteiger charge is -2.09. The summed E-state index contributed by atoms with van der Waals surface area (Å²) in [5.41, 5.74) is 3.32. The van der Waals surface area contributed by atoms with Gasteiger partial charge in [-0.2, -0.15) is 10.2 Å². The van der Waals surface area contributed by atoms with E-state index in [4.69, 9.17) is 28.4 Å². The first-order valence-corrected chi connectivity index (χ1v) is 17.3. The number of benzene rings is 4. The highest BCUT2D eigenvalue weighted by atomic mass is 16.5. The van der Waals surface area contributed by atoms with Crippen molar-refractivity contribution in [1.82, 2.24) is 0 Å². The largest absolute Gasteiger partial charge is 0.494 e. The van der Waals surface area contributed by atoms with Crippen molar-refractivity contribution in [3.05, 3.63) is 132 Å². The Morgan fingerprint density at radius 2 is 1.06 bits per heavy atom. The fraction of sp³-hybridized carbons (Fsp3) is 0.238.